The summed E-state index contributed by atoms with van der Waals surface area (Å²) in [5.41, 5.74) is 1.14. The molecule has 0 aromatic carbocycles. The number of carbonyl (C=O) groups is 1. The van der Waals surface area contributed by atoms with E-state index in [1.165, 1.54) is 12.8 Å². The van der Waals surface area contributed by atoms with Crippen molar-refractivity contribution in [2.75, 3.05) is 50.5 Å². The van der Waals surface area contributed by atoms with Crippen LogP contribution in [0.4, 0.5) is 11.5 Å². The van der Waals surface area contributed by atoms with Gasteiger partial charge in [0.25, 0.3) is 0 Å². The van der Waals surface area contributed by atoms with Crippen LogP contribution < -0.4 is 15.5 Å². The lowest BCUT2D eigenvalue weighted by molar-refractivity contribution is -0.120. The number of hydrogen-bond acceptors (Lipinski definition) is 5. The number of nitrogens with zero attached hydrogens (tertiary/aromatic N) is 3. The Morgan fingerprint density at radius 2 is 1.89 bits per heavy atom. The molecule has 156 valence electrons. The van der Waals surface area contributed by atoms with Crippen molar-refractivity contribution in [2.45, 2.75) is 31.7 Å². The van der Waals surface area contributed by atoms with Crippen molar-refractivity contribution < 1.29 is 4.79 Å². The van der Waals surface area contributed by atoms with Crippen LogP contribution in [0.25, 0.3) is 0 Å². The van der Waals surface area contributed by atoms with E-state index in [1.807, 2.05) is 12.3 Å². The Bertz CT molecular complexity index is 544. The molecule has 2 aliphatic rings. The maximum absolute atomic E-state index is 12.2. The highest BCUT2D eigenvalue weighted by Crippen LogP contribution is 2.22. The van der Waals surface area contributed by atoms with Crippen molar-refractivity contribution in [2.24, 2.45) is 5.92 Å². The van der Waals surface area contributed by atoms with Crippen molar-refractivity contribution in [3.05, 3.63) is 18.3 Å². The number of rotatable bonds is 4. The van der Waals surface area contributed by atoms with Crippen LogP contribution in [0.5, 0.6) is 0 Å². The molecule has 3 rings (SSSR count). The molecular formula is C18H32Cl3N5O. The third-order valence-corrected chi connectivity index (χ3v) is 5.23. The molecule has 3 heterocycles. The van der Waals surface area contributed by atoms with Gasteiger partial charge in [-0.3, -0.25) is 4.79 Å². The highest BCUT2D eigenvalue weighted by atomic mass is 35.5. The number of nitrogens with one attached hydrogen (secondary N) is 2. The summed E-state index contributed by atoms with van der Waals surface area (Å²) in [5, 5.41) is 6.22. The smallest absolute Gasteiger partial charge is 0.229 e. The van der Waals surface area contributed by atoms with E-state index < -0.39 is 0 Å². The van der Waals surface area contributed by atoms with E-state index in [0.29, 0.717) is 11.9 Å². The second-order valence-electron chi connectivity index (χ2n) is 7.12. The van der Waals surface area contributed by atoms with E-state index in [4.69, 9.17) is 0 Å². The molecule has 27 heavy (non-hydrogen) atoms. The van der Waals surface area contributed by atoms with Gasteiger partial charge in [0.2, 0.25) is 5.91 Å². The Balaban J connectivity index is 0.00000225. The third kappa shape index (κ3) is 7.27. The molecule has 1 unspecified atom stereocenters. The van der Waals surface area contributed by atoms with E-state index >= 15 is 0 Å². The first kappa shape index (κ1) is 26.2. The summed E-state index contributed by atoms with van der Waals surface area (Å²) in [6.07, 6.45) is 6.26. The van der Waals surface area contributed by atoms with Crippen LogP contribution in [0.1, 0.15) is 25.7 Å². The van der Waals surface area contributed by atoms with E-state index in [1.54, 1.807) is 0 Å². The summed E-state index contributed by atoms with van der Waals surface area (Å²) in [6, 6.07) is 4.66. The fraction of sp³-hybridized carbons (Fsp3) is 0.667. The minimum atomic E-state index is 0. The number of carbonyl (C=O) groups excluding carboxylic acids is 1. The van der Waals surface area contributed by atoms with Crippen LogP contribution in [-0.2, 0) is 4.79 Å². The van der Waals surface area contributed by atoms with E-state index in [2.05, 4.69) is 45.6 Å². The zero-order chi connectivity index (χ0) is 16.9. The van der Waals surface area contributed by atoms with Crippen molar-refractivity contribution in [3.8, 4) is 0 Å². The molecule has 0 spiro atoms. The minimum absolute atomic E-state index is 0. The zero-order valence-electron chi connectivity index (χ0n) is 16.0. The van der Waals surface area contributed by atoms with Crippen LogP contribution in [0.2, 0.25) is 0 Å². The van der Waals surface area contributed by atoms with Gasteiger partial charge in [-0.25, -0.2) is 4.98 Å². The quantitative estimate of drug-likeness (QED) is 0.754. The lowest BCUT2D eigenvalue weighted by atomic mass is 9.99. The first-order valence-corrected chi connectivity index (χ1v) is 9.02. The highest BCUT2D eigenvalue weighted by molar-refractivity contribution is 5.92. The lowest BCUT2D eigenvalue weighted by Gasteiger charge is -2.36. The number of pyridine rings is 1. The van der Waals surface area contributed by atoms with Crippen LogP contribution in [0, 0.1) is 5.92 Å². The van der Waals surface area contributed by atoms with E-state index in [0.717, 1.165) is 44.7 Å². The van der Waals surface area contributed by atoms with Gasteiger partial charge in [0, 0.05) is 25.7 Å². The molecular weight excluding hydrogens is 409 g/mol. The maximum Gasteiger partial charge on any atom is 0.229 e. The second-order valence-corrected chi connectivity index (χ2v) is 7.12. The summed E-state index contributed by atoms with van der Waals surface area (Å²) < 4.78 is 0. The minimum Gasteiger partial charge on any atom is -0.370 e. The average molecular weight is 441 g/mol. The van der Waals surface area contributed by atoms with Crippen LogP contribution in [0.3, 0.4) is 0 Å². The first-order valence-electron chi connectivity index (χ1n) is 9.02. The Hall–Kier alpha value is -0.790. The molecule has 9 heteroatoms. The van der Waals surface area contributed by atoms with Crippen molar-refractivity contribution >= 4 is 54.6 Å². The van der Waals surface area contributed by atoms with Gasteiger partial charge in [0.1, 0.15) is 5.82 Å². The Morgan fingerprint density at radius 3 is 2.41 bits per heavy atom. The van der Waals surface area contributed by atoms with Crippen LogP contribution in [-0.4, -0.2) is 62.1 Å². The molecule has 1 aromatic heterocycles. The van der Waals surface area contributed by atoms with E-state index in [9.17, 15) is 4.79 Å². The van der Waals surface area contributed by atoms with Gasteiger partial charge in [-0.2, -0.15) is 0 Å². The monoisotopic (exact) mass is 439 g/mol. The number of halogens is 3. The fourth-order valence-corrected chi connectivity index (χ4v) is 3.59. The predicted molar refractivity (Wildman–Crippen MR) is 119 cm³/mol. The van der Waals surface area contributed by atoms with Gasteiger partial charge in [0.05, 0.1) is 17.8 Å². The number of amides is 1. The summed E-state index contributed by atoms with van der Waals surface area (Å²) in [4.78, 5) is 21.4. The summed E-state index contributed by atoms with van der Waals surface area (Å²) in [7, 11) is 4.31. The highest BCUT2D eigenvalue weighted by Gasteiger charge is 2.22. The number of hydrogen-bond donors (Lipinski definition) is 2. The summed E-state index contributed by atoms with van der Waals surface area (Å²) in [6.45, 7) is 3.90. The van der Waals surface area contributed by atoms with Crippen molar-refractivity contribution in [3.63, 3.8) is 0 Å². The Kier molecular flexibility index (Phi) is 12.3. The molecule has 2 fully saturated rings. The summed E-state index contributed by atoms with van der Waals surface area (Å²) >= 11 is 0. The van der Waals surface area contributed by atoms with Crippen molar-refractivity contribution in [1.82, 2.24) is 15.2 Å². The maximum atomic E-state index is 12.2. The molecule has 2 N–H and O–H groups in total. The Labute approximate surface area is 181 Å². The molecule has 2 saturated heterocycles. The van der Waals surface area contributed by atoms with Crippen molar-refractivity contribution in [1.29, 1.82) is 0 Å². The van der Waals surface area contributed by atoms with Gasteiger partial charge in [-0.1, -0.05) is 0 Å². The van der Waals surface area contributed by atoms with Gasteiger partial charge in [-0.15, -0.1) is 37.2 Å². The fourth-order valence-electron chi connectivity index (χ4n) is 3.59. The van der Waals surface area contributed by atoms with Gasteiger partial charge < -0.3 is 20.4 Å². The molecule has 1 atom stereocenters. The number of piperidine rings is 2. The predicted octanol–water partition coefficient (Wildman–Crippen LogP) is 2.82. The second kappa shape index (κ2) is 12.6. The van der Waals surface area contributed by atoms with Crippen LogP contribution in [0.15, 0.2) is 18.3 Å². The average Bonchev–Trinajstić information content (AvgIpc) is 2.63. The van der Waals surface area contributed by atoms with Gasteiger partial charge in [0.15, 0.2) is 0 Å². The standard InChI is InChI=1S/C18H29N5O.3ClH/c1-22(2)15-7-10-23(11-8-15)16-5-6-17(20-13-16)21-18(24)14-4-3-9-19-12-14;;;/h5-6,13-15,19H,3-4,7-12H2,1-2H3,(H,20,21,24);3*1H. The number of aromatic nitrogens is 1. The molecule has 0 saturated carbocycles. The van der Waals surface area contributed by atoms with Gasteiger partial charge in [-0.05, 0) is 58.5 Å². The zero-order valence-corrected chi connectivity index (χ0v) is 18.5. The molecule has 2 aliphatic heterocycles. The number of anilines is 2. The first-order chi connectivity index (χ1) is 11.6. The van der Waals surface area contributed by atoms with Crippen LogP contribution >= 0.6 is 37.2 Å². The van der Waals surface area contributed by atoms with E-state index in [-0.39, 0.29) is 49.0 Å². The molecule has 6 nitrogen and oxygen atoms in total. The third-order valence-electron chi connectivity index (χ3n) is 5.23. The Morgan fingerprint density at radius 1 is 1.19 bits per heavy atom. The molecule has 0 radical (unpaired) electrons. The molecule has 0 bridgehead atoms. The lowest BCUT2D eigenvalue weighted by Crippen LogP contribution is -2.42. The topological polar surface area (TPSA) is 60.5 Å². The largest absolute Gasteiger partial charge is 0.370 e. The molecule has 1 aromatic rings. The normalized spacial score (nSPS) is 20.1. The SMILES string of the molecule is CN(C)C1CCN(c2ccc(NC(=O)C3CCCNC3)nc2)CC1.Cl.Cl.Cl. The summed E-state index contributed by atoms with van der Waals surface area (Å²) in [5.74, 6) is 0.789. The molecule has 1 amide bonds. The van der Waals surface area contributed by atoms with Gasteiger partial charge >= 0.3 is 0 Å². The molecule has 0 aliphatic carbocycles.